The SMILES string of the molecule is CCc1cnc(C(C)Nc2ncc([N+](=O)[O-])c(N)n2)s1. The van der Waals surface area contributed by atoms with Crippen molar-refractivity contribution in [1.29, 1.82) is 0 Å². The average Bonchev–Trinajstić information content (AvgIpc) is 2.87. The van der Waals surface area contributed by atoms with Crippen molar-refractivity contribution in [1.82, 2.24) is 15.0 Å². The fourth-order valence-electron chi connectivity index (χ4n) is 1.54. The molecule has 8 nitrogen and oxygen atoms in total. The van der Waals surface area contributed by atoms with Crippen LogP contribution in [-0.2, 0) is 6.42 Å². The molecule has 106 valence electrons. The first-order chi connectivity index (χ1) is 9.51. The van der Waals surface area contributed by atoms with Crippen LogP contribution < -0.4 is 11.1 Å². The van der Waals surface area contributed by atoms with Gasteiger partial charge >= 0.3 is 5.69 Å². The summed E-state index contributed by atoms with van der Waals surface area (Å²) in [6.07, 6.45) is 3.87. The van der Waals surface area contributed by atoms with Gasteiger partial charge in [0.2, 0.25) is 11.8 Å². The Balaban J connectivity index is 2.13. The van der Waals surface area contributed by atoms with Crippen LogP contribution >= 0.6 is 11.3 Å². The van der Waals surface area contributed by atoms with Gasteiger partial charge in [-0.25, -0.2) is 9.97 Å². The standard InChI is InChI=1S/C11H14N6O2S/c1-3-7-4-13-10(20-7)6(2)15-11-14-5-8(17(18)19)9(12)16-11/h4-6H,3H2,1-2H3,(H3,12,14,15,16). The fourth-order valence-corrected chi connectivity index (χ4v) is 2.40. The molecular weight excluding hydrogens is 280 g/mol. The Labute approximate surface area is 119 Å². The van der Waals surface area contributed by atoms with Gasteiger partial charge < -0.3 is 11.1 Å². The lowest BCUT2D eigenvalue weighted by Gasteiger charge is -2.10. The molecule has 0 radical (unpaired) electrons. The van der Waals surface area contributed by atoms with Gasteiger partial charge in [-0.05, 0) is 13.3 Å². The molecule has 20 heavy (non-hydrogen) atoms. The van der Waals surface area contributed by atoms with Crippen molar-refractivity contribution >= 4 is 28.8 Å². The quantitative estimate of drug-likeness (QED) is 0.640. The minimum absolute atomic E-state index is 0.0962. The summed E-state index contributed by atoms with van der Waals surface area (Å²) in [6, 6.07) is -0.0962. The Morgan fingerprint density at radius 2 is 2.25 bits per heavy atom. The summed E-state index contributed by atoms with van der Waals surface area (Å²) >= 11 is 1.60. The summed E-state index contributed by atoms with van der Waals surface area (Å²) in [5, 5.41) is 14.6. The lowest BCUT2D eigenvalue weighted by Crippen LogP contribution is -2.10. The molecule has 0 amide bonds. The summed E-state index contributed by atoms with van der Waals surface area (Å²) in [6.45, 7) is 3.98. The van der Waals surface area contributed by atoms with Crippen LogP contribution in [-0.4, -0.2) is 19.9 Å². The first-order valence-corrected chi connectivity index (χ1v) is 6.81. The van der Waals surface area contributed by atoms with Crippen LogP contribution in [0.5, 0.6) is 0 Å². The maximum atomic E-state index is 10.6. The van der Waals surface area contributed by atoms with Crippen molar-refractivity contribution < 1.29 is 4.92 Å². The van der Waals surface area contributed by atoms with Gasteiger partial charge in [-0.15, -0.1) is 11.3 Å². The van der Waals surface area contributed by atoms with Gasteiger partial charge in [0.25, 0.3) is 0 Å². The molecule has 2 aromatic rings. The van der Waals surface area contributed by atoms with Gasteiger partial charge in [-0.2, -0.15) is 4.98 Å². The van der Waals surface area contributed by atoms with E-state index >= 15 is 0 Å². The number of thiazole rings is 1. The second-order valence-corrected chi connectivity index (χ2v) is 5.25. The number of nitro groups is 1. The molecule has 2 heterocycles. The highest BCUT2D eigenvalue weighted by atomic mass is 32.1. The molecule has 9 heteroatoms. The molecule has 0 saturated carbocycles. The molecule has 3 N–H and O–H groups in total. The molecular formula is C11H14N6O2S. The minimum Gasteiger partial charge on any atom is -0.378 e. The first kappa shape index (κ1) is 14.1. The number of nitrogens with one attached hydrogen (secondary N) is 1. The summed E-state index contributed by atoms with van der Waals surface area (Å²) in [5.41, 5.74) is 5.22. The molecule has 0 fully saturated rings. The van der Waals surface area contributed by atoms with Gasteiger partial charge in [0.15, 0.2) is 0 Å². The minimum atomic E-state index is -0.614. The number of nitrogens with two attached hydrogens (primary N) is 1. The highest BCUT2D eigenvalue weighted by Crippen LogP contribution is 2.24. The van der Waals surface area contributed by atoms with Crippen LogP contribution in [0.3, 0.4) is 0 Å². The predicted octanol–water partition coefficient (Wildman–Crippen LogP) is 2.16. The fraction of sp³-hybridized carbons (Fsp3) is 0.364. The second kappa shape index (κ2) is 5.78. The number of aryl methyl sites for hydroxylation is 1. The molecule has 2 rings (SSSR count). The van der Waals surface area contributed by atoms with Crippen LogP contribution in [0.25, 0.3) is 0 Å². The third-order valence-electron chi connectivity index (χ3n) is 2.63. The van der Waals surface area contributed by atoms with E-state index in [1.54, 1.807) is 11.3 Å². The van der Waals surface area contributed by atoms with Crippen LogP contribution in [0.4, 0.5) is 17.5 Å². The van der Waals surface area contributed by atoms with Crippen molar-refractivity contribution in [3.05, 3.63) is 32.4 Å². The monoisotopic (exact) mass is 294 g/mol. The van der Waals surface area contributed by atoms with Gasteiger partial charge in [-0.1, -0.05) is 6.92 Å². The van der Waals surface area contributed by atoms with E-state index in [2.05, 4.69) is 27.2 Å². The zero-order valence-corrected chi connectivity index (χ0v) is 11.8. The third-order valence-corrected chi connectivity index (χ3v) is 3.95. The molecule has 0 aromatic carbocycles. The third kappa shape index (κ3) is 2.99. The summed E-state index contributed by atoms with van der Waals surface area (Å²) in [5.74, 6) is 0.0851. The smallest absolute Gasteiger partial charge is 0.329 e. The Bertz CT molecular complexity index is 629. The first-order valence-electron chi connectivity index (χ1n) is 5.99. The largest absolute Gasteiger partial charge is 0.378 e. The maximum Gasteiger partial charge on any atom is 0.329 e. The topological polar surface area (TPSA) is 120 Å². The molecule has 0 spiro atoms. The highest BCUT2D eigenvalue weighted by molar-refractivity contribution is 7.11. The Morgan fingerprint density at radius 3 is 2.80 bits per heavy atom. The lowest BCUT2D eigenvalue weighted by atomic mass is 10.3. The van der Waals surface area contributed by atoms with Crippen LogP contribution in [0.2, 0.25) is 0 Å². The number of hydrogen-bond donors (Lipinski definition) is 2. The number of anilines is 2. The Hall–Kier alpha value is -2.29. The van der Waals surface area contributed by atoms with Crippen molar-refractivity contribution in [3.8, 4) is 0 Å². The Morgan fingerprint density at radius 1 is 1.50 bits per heavy atom. The van der Waals surface area contributed by atoms with Crippen molar-refractivity contribution in [2.24, 2.45) is 0 Å². The van der Waals surface area contributed by atoms with E-state index in [4.69, 9.17) is 5.73 Å². The van der Waals surface area contributed by atoms with E-state index in [0.717, 1.165) is 17.6 Å². The molecule has 0 saturated heterocycles. The zero-order valence-electron chi connectivity index (χ0n) is 11.0. The van der Waals surface area contributed by atoms with E-state index in [9.17, 15) is 10.1 Å². The van der Waals surface area contributed by atoms with Crippen molar-refractivity contribution in [2.75, 3.05) is 11.1 Å². The number of nitrogens with zero attached hydrogens (tertiary/aromatic N) is 4. The molecule has 0 aliphatic heterocycles. The number of aromatic nitrogens is 3. The molecule has 0 aliphatic rings. The van der Waals surface area contributed by atoms with Gasteiger partial charge in [-0.3, -0.25) is 10.1 Å². The van der Waals surface area contributed by atoms with E-state index in [0.29, 0.717) is 0 Å². The van der Waals surface area contributed by atoms with Gasteiger partial charge in [0.05, 0.1) is 11.0 Å². The highest BCUT2D eigenvalue weighted by Gasteiger charge is 2.16. The Kier molecular flexibility index (Phi) is 4.08. The van der Waals surface area contributed by atoms with E-state index in [1.165, 1.54) is 4.88 Å². The summed E-state index contributed by atoms with van der Waals surface area (Å²) < 4.78 is 0. The normalized spacial score (nSPS) is 12.1. The van der Waals surface area contributed by atoms with E-state index < -0.39 is 4.92 Å². The predicted molar refractivity (Wildman–Crippen MR) is 76.6 cm³/mol. The molecule has 2 aromatic heterocycles. The second-order valence-electron chi connectivity index (χ2n) is 4.11. The van der Waals surface area contributed by atoms with Crippen molar-refractivity contribution in [2.45, 2.75) is 26.3 Å². The van der Waals surface area contributed by atoms with Crippen LogP contribution in [0.1, 0.15) is 29.8 Å². The zero-order chi connectivity index (χ0) is 14.7. The summed E-state index contributed by atoms with van der Waals surface area (Å²) in [7, 11) is 0. The molecule has 0 aliphatic carbocycles. The van der Waals surface area contributed by atoms with Gasteiger partial charge in [0, 0.05) is 11.1 Å². The van der Waals surface area contributed by atoms with E-state index in [-0.39, 0.29) is 23.5 Å². The number of nitrogen functional groups attached to an aromatic ring is 1. The molecule has 1 unspecified atom stereocenters. The lowest BCUT2D eigenvalue weighted by molar-refractivity contribution is -0.384. The summed E-state index contributed by atoms with van der Waals surface area (Å²) in [4.78, 5) is 23.3. The van der Waals surface area contributed by atoms with Crippen molar-refractivity contribution in [3.63, 3.8) is 0 Å². The van der Waals surface area contributed by atoms with Crippen LogP contribution in [0, 0.1) is 10.1 Å². The molecule has 1 atom stereocenters. The maximum absolute atomic E-state index is 10.6. The van der Waals surface area contributed by atoms with Crippen LogP contribution in [0.15, 0.2) is 12.4 Å². The molecule has 0 bridgehead atoms. The average molecular weight is 294 g/mol. The number of rotatable bonds is 5. The number of hydrogen-bond acceptors (Lipinski definition) is 8. The van der Waals surface area contributed by atoms with Gasteiger partial charge in [0.1, 0.15) is 11.2 Å². The van der Waals surface area contributed by atoms with E-state index in [1.807, 2.05) is 13.1 Å².